The molecule has 0 heterocycles. The summed E-state index contributed by atoms with van der Waals surface area (Å²) >= 11 is 0. The van der Waals surface area contributed by atoms with Gasteiger partial charge in [0.15, 0.2) is 11.5 Å². The van der Waals surface area contributed by atoms with Gasteiger partial charge in [-0.1, -0.05) is 42.8 Å². The van der Waals surface area contributed by atoms with Crippen LogP contribution in [0.2, 0.25) is 0 Å². The van der Waals surface area contributed by atoms with E-state index >= 15 is 0 Å². The van der Waals surface area contributed by atoms with Crippen LogP contribution in [0.5, 0.6) is 11.5 Å². The molecule has 7 heteroatoms. The number of methoxy groups -OCH3 is 2. The van der Waals surface area contributed by atoms with E-state index in [1.807, 2.05) is 43.3 Å². The van der Waals surface area contributed by atoms with E-state index in [-0.39, 0.29) is 6.10 Å². The van der Waals surface area contributed by atoms with Crippen molar-refractivity contribution in [2.75, 3.05) is 14.2 Å². The minimum atomic E-state index is -1.01. The van der Waals surface area contributed by atoms with Gasteiger partial charge in [0.1, 0.15) is 6.10 Å². The highest BCUT2D eigenvalue weighted by atomic mass is 16.5. The van der Waals surface area contributed by atoms with Crippen molar-refractivity contribution in [3.63, 3.8) is 0 Å². The first-order chi connectivity index (χ1) is 14.7. The Morgan fingerprint density at radius 2 is 1.48 bits per heavy atom. The lowest BCUT2D eigenvalue weighted by molar-refractivity contribution is -0.145. The largest absolute Gasteiger partial charge is 0.493 e. The molecule has 0 fully saturated rings. The normalized spacial score (nSPS) is 13.9. The molecule has 168 valence electrons. The van der Waals surface area contributed by atoms with E-state index in [9.17, 15) is 9.59 Å². The molecule has 0 aliphatic rings. The van der Waals surface area contributed by atoms with Crippen molar-refractivity contribution in [1.29, 1.82) is 0 Å². The summed E-state index contributed by atoms with van der Waals surface area (Å²) in [7, 11) is 3.12. The van der Waals surface area contributed by atoms with E-state index in [2.05, 4.69) is 5.32 Å². The maximum atomic E-state index is 13.2. The predicted octanol–water partition coefficient (Wildman–Crippen LogP) is 3.13. The zero-order valence-corrected chi connectivity index (χ0v) is 19.0. The monoisotopic (exact) mass is 428 g/mol. The molecule has 3 unspecified atom stereocenters. The van der Waals surface area contributed by atoms with E-state index in [0.29, 0.717) is 11.5 Å². The molecule has 2 aromatic carbocycles. The molecule has 3 atom stereocenters. The van der Waals surface area contributed by atoms with Crippen LogP contribution in [-0.4, -0.2) is 38.2 Å². The third-order valence-corrected chi connectivity index (χ3v) is 5.02. The second-order valence-corrected chi connectivity index (χ2v) is 7.76. The quantitative estimate of drug-likeness (QED) is 0.606. The molecular formula is C24H32N2O5. The molecule has 31 heavy (non-hydrogen) atoms. The standard InChI is InChI=1S/C24H32N2O5/c1-14(2)31-22(16(4)23(25)27)24(28)26-21(17-9-7-15(3)8-10-17)18-11-12-19(29-5)20(13-18)30-6/h7-14,16,21-22H,1-6H3,(H2,25,27)(H,26,28). The third-order valence-electron chi connectivity index (χ3n) is 5.02. The van der Waals surface area contributed by atoms with Crippen molar-refractivity contribution in [3.05, 3.63) is 59.2 Å². The zero-order valence-electron chi connectivity index (χ0n) is 19.0. The number of ether oxygens (including phenoxy) is 3. The molecule has 2 aromatic rings. The second kappa shape index (κ2) is 10.8. The fourth-order valence-electron chi connectivity index (χ4n) is 3.22. The van der Waals surface area contributed by atoms with Crippen LogP contribution in [-0.2, 0) is 14.3 Å². The number of hydrogen-bond donors (Lipinski definition) is 2. The highest BCUT2D eigenvalue weighted by Crippen LogP contribution is 2.32. The molecule has 2 amide bonds. The minimum Gasteiger partial charge on any atom is -0.493 e. The van der Waals surface area contributed by atoms with Crippen LogP contribution in [0, 0.1) is 12.8 Å². The smallest absolute Gasteiger partial charge is 0.250 e. The zero-order chi connectivity index (χ0) is 23.1. The molecule has 0 saturated heterocycles. The summed E-state index contributed by atoms with van der Waals surface area (Å²) in [5, 5.41) is 3.03. The second-order valence-electron chi connectivity index (χ2n) is 7.76. The van der Waals surface area contributed by atoms with Crippen LogP contribution in [0.4, 0.5) is 0 Å². The van der Waals surface area contributed by atoms with Gasteiger partial charge in [0.2, 0.25) is 5.91 Å². The molecule has 0 aliphatic heterocycles. The number of primary amides is 1. The Bertz CT molecular complexity index is 895. The lowest BCUT2D eigenvalue weighted by Crippen LogP contribution is -2.47. The first kappa shape index (κ1) is 24.2. The Labute approximate surface area is 183 Å². The van der Waals surface area contributed by atoms with E-state index < -0.39 is 29.9 Å². The van der Waals surface area contributed by atoms with Crippen LogP contribution in [0.25, 0.3) is 0 Å². The van der Waals surface area contributed by atoms with Crippen LogP contribution in [0.3, 0.4) is 0 Å². The minimum absolute atomic E-state index is 0.253. The average Bonchev–Trinajstić information content (AvgIpc) is 2.75. The number of benzene rings is 2. The Balaban J connectivity index is 2.46. The summed E-state index contributed by atoms with van der Waals surface area (Å²) < 4.78 is 16.5. The van der Waals surface area contributed by atoms with Crippen LogP contribution in [0.1, 0.15) is 43.5 Å². The Morgan fingerprint density at radius 3 is 2.00 bits per heavy atom. The lowest BCUT2D eigenvalue weighted by atomic mass is 9.96. The van der Waals surface area contributed by atoms with Crippen molar-refractivity contribution in [3.8, 4) is 11.5 Å². The topological polar surface area (TPSA) is 99.9 Å². The van der Waals surface area contributed by atoms with Crippen molar-refractivity contribution in [2.24, 2.45) is 11.7 Å². The van der Waals surface area contributed by atoms with Gasteiger partial charge in [-0.25, -0.2) is 0 Å². The first-order valence-electron chi connectivity index (χ1n) is 10.2. The SMILES string of the molecule is COc1ccc(C(NC(=O)C(OC(C)C)C(C)C(N)=O)c2ccc(C)cc2)cc1OC. The number of hydrogen-bond acceptors (Lipinski definition) is 5. The van der Waals surface area contributed by atoms with Crippen LogP contribution in [0.15, 0.2) is 42.5 Å². The third kappa shape index (κ3) is 6.21. The predicted molar refractivity (Wildman–Crippen MR) is 119 cm³/mol. The van der Waals surface area contributed by atoms with Gasteiger partial charge in [-0.3, -0.25) is 9.59 Å². The van der Waals surface area contributed by atoms with E-state index in [1.54, 1.807) is 41.1 Å². The van der Waals surface area contributed by atoms with Gasteiger partial charge in [0.25, 0.3) is 5.91 Å². The van der Waals surface area contributed by atoms with E-state index in [0.717, 1.165) is 16.7 Å². The molecule has 0 bridgehead atoms. The number of carbonyl (C=O) groups is 2. The highest BCUT2D eigenvalue weighted by Gasteiger charge is 2.32. The summed E-state index contributed by atoms with van der Waals surface area (Å²) in [6.07, 6.45) is -1.26. The van der Waals surface area contributed by atoms with Gasteiger partial charge < -0.3 is 25.3 Å². The lowest BCUT2D eigenvalue weighted by Gasteiger charge is -2.27. The summed E-state index contributed by atoms with van der Waals surface area (Å²) in [5.74, 6) is -0.666. The summed E-state index contributed by atoms with van der Waals surface area (Å²) in [6.45, 7) is 7.20. The molecule has 0 spiro atoms. The van der Waals surface area contributed by atoms with Gasteiger partial charge in [-0.15, -0.1) is 0 Å². The Hall–Kier alpha value is -3.06. The Morgan fingerprint density at radius 1 is 0.903 bits per heavy atom. The summed E-state index contributed by atoms with van der Waals surface area (Å²) in [5.41, 5.74) is 8.23. The van der Waals surface area contributed by atoms with Crippen molar-refractivity contribution in [2.45, 2.75) is 45.9 Å². The van der Waals surface area contributed by atoms with E-state index in [1.165, 1.54) is 0 Å². The molecule has 2 rings (SSSR count). The van der Waals surface area contributed by atoms with Crippen LogP contribution >= 0.6 is 0 Å². The number of aryl methyl sites for hydroxylation is 1. The Kier molecular flexibility index (Phi) is 8.45. The summed E-state index contributed by atoms with van der Waals surface area (Å²) in [6, 6.07) is 12.8. The number of carbonyl (C=O) groups excluding carboxylic acids is 2. The number of rotatable bonds is 10. The fourth-order valence-corrected chi connectivity index (χ4v) is 3.22. The first-order valence-corrected chi connectivity index (χ1v) is 10.2. The van der Waals surface area contributed by atoms with Crippen molar-refractivity contribution in [1.82, 2.24) is 5.32 Å². The van der Waals surface area contributed by atoms with Gasteiger partial charge >= 0.3 is 0 Å². The average molecular weight is 429 g/mol. The van der Waals surface area contributed by atoms with Gasteiger partial charge in [-0.05, 0) is 44.0 Å². The fraction of sp³-hybridized carbons (Fsp3) is 0.417. The van der Waals surface area contributed by atoms with Crippen LogP contribution < -0.4 is 20.5 Å². The molecule has 3 N–H and O–H groups in total. The van der Waals surface area contributed by atoms with E-state index in [4.69, 9.17) is 19.9 Å². The van der Waals surface area contributed by atoms with Crippen molar-refractivity contribution >= 4 is 11.8 Å². The molecule has 0 saturated carbocycles. The molecule has 7 nitrogen and oxygen atoms in total. The highest BCUT2D eigenvalue weighted by molar-refractivity contribution is 5.89. The van der Waals surface area contributed by atoms with Gasteiger partial charge in [-0.2, -0.15) is 0 Å². The number of nitrogens with two attached hydrogens (primary N) is 1. The summed E-state index contributed by atoms with van der Waals surface area (Å²) in [4.78, 5) is 25.0. The molecule has 0 radical (unpaired) electrons. The number of amides is 2. The van der Waals surface area contributed by atoms with Gasteiger partial charge in [0, 0.05) is 0 Å². The maximum absolute atomic E-state index is 13.2. The molecular weight excluding hydrogens is 396 g/mol. The van der Waals surface area contributed by atoms with Crippen molar-refractivity contribution < 1.29 is 23.8 Å². The van der Waals surface area contributed by atoms with Gasteiger partial charge in [0.05, 0.1) is 32.3 Å². The number of nitrogens with one attached hydrogen (secondary N) is 1. The maximum Gasteiger partial charge on any atom is 0.250 e. The molecule has 0 aromatic heterocycles. The molecule has 0 aliphatic carbocycles.